The Kier molecular flexibility index (Phi) is 4.67. The minimum Gasteiger partial charge on any atom is -0.208 e. The van der Waals surface area contributed by atoms with E-state index >= 15 is 0 Å². The lowest BCUT2D eigenvalue weighted by Crippen LogP contribution is -1.97. The predicted molar refractivity (Wildman–Crippen MR) is 134 cm³/mol. The maximum atomic E-state index is 6.35. The van der Waals surface area contributed by atoms with Crippen LogP contribution in [0.25, 0.3) is 54.1 Å². The fraction of sp³-hybridized carbons (Fsp3) is 0. The molecule has 6 rings (SSSR count). The molecular weight excluding hydrogens is 434 g/mol. The van der Waals surface area contributed by atoms with Crippen molar-refractivity contribution in [2.24, 2.45) is 0 Å². The Bertz CT molecular complexity index is 1570. The molecule has 6 aromatic rings. The number of benzene rings is 4. The Morgan fingerprint density at radius 2 is 1.19 bits per heavy atom. The summed E-state index contributed by atoms with van der Waals surface area (Å²) in [5.41, 5.74) is 4.18. The van der Waals surface area contributed by atoms with Crippen molar-refractivity contribution in [3.05, 3.63) is 102 Å². The topological polar surface area (TPSA) is 38.7 Å². The van der Waals surface area contributed by atoms with Crippen LogP contribution >= 0.6 is 22.9 Å². The van der Waals surface area contributed by atoms with E-state index in [9.17, 15) is 0 Å². The van der Waals surface area contributed by atoms with Gasteiger partial charge in [0.2, 0.25) is 5.28 Å². The highest BCUT2D eigenvalue weighted by Gasteiger charge is 2.15. The first-order chi connectivity index (χ1) is 15.8. The van der Waals surface area contributed by atoms with Gasteiger partial charge in [0.25, 0.3) is 0 Å². The standard InChI is InChI=1S/C27H16ClN3S/c28-27-30-25(19-15-13-18(14-16-19)17-7-2-1-3-8-17)29-26(31-27)22-11-6-10-21-20-9-4-5-12-23(20)32-24(21)22/h1-16H. The predicted octanol–water partition coefficient (Wildman–Crippen LogP) is 7.89. The Morgan fingerprint density at radius 3 is 2.03 bits per heavy atom. The van der Waals surface area contributed by atoms with Gasteiger partial charge in [-0.15, -0.1) is 11.3 Å². The zero-order chi connectivity index (χ0) is 21.5. The van der Waals surface area contributed by atoms with Gasteiger partial charge in [-0.25, -0.2) is 4.98 Å². The van der Waals surface area contributed by atoms with Gasteiger partial charge in [-0.2, -0.15) is 9.97 Å². The third-order valence-electron chi connectivity index (χ3n) is 5.50. The number of fused-ring (bicyclic) bond motifs is 3. The summed E-state index contributed by atoms with van der Waals surface area (Å²) in [7, 11) is 0. The summed E-state index contributed by atoms with van der Waals surface area (Å²) < 4.78 is 2.40. The van der Waals surface area contributed by atoms with Crippen LogP contribution in [0.15, 0.2) is 97.1 Å². The molecule has 0 N–H and O–H groups in total. The number of aromatic nitrogens is 3. The maximum absolute atomic E-state index is 6.35. The molecule has 0 fully saturated rings. The number of thiophene rings is 1. The van der Waals surface area contributed by atoms with Crippen LogP contribution in [-0.4, -0.2) is 15.0 Å². The van der Waals surface area contributed by atoms with Crippen LogP contribution in [0, 0.1) is 0 Å². The summed E-state index contributed by atoms with van der Waals surface area (Å²) in [6.07, 6.45) is 0. The van der Waals surface area contributed by atoms with Gasteiger partial charge in [0, 0.05) is 31.3 Å². The highest BCUT2D eigenvalue weighted by atomic mass is 35.5. The summed E-state index contributed by atoms with van der Waals surface area (Å²) in [5, 5.41) is 2.63. The second-order valence-corrected chi connectivity index (χ2v) is 8.87. The molecule has 32 heavy (non-hydrogen) atoms. The number of halogens is 1. The zero-order valence-corrected chi connectivity index (χ0v) is 18.4. The molecule has 0 aliphatic carbocycles. The minimum absolute atomic E-state index is 0.190. The van der Waals surface area contributed by atoms with Crippen LogP contribution in [0.4, 0.5) is 0 Å². The summed E-state index contributed by atoms with van der Waals surface area (Å²) in [6, 6.07) is 33.2. The van der Waals surface area contributed by atoms with Crippen LogP contribution in [-0.2, 0) is 0 Å². The SMILES string of the molecule is Clc1nc(-c2ccc(-c3ccccc3)cc2)nc(-c2cccc3c2sc2ccccc23)n1. The Hall–Kier alpha value is -3.60. The van der Waals surface area contributed by atoms with Crippen LogP contribution < -0.4 is 0 Å². The Balaban J connectivity index is 1.46. The zero-order valence-electron chi connectivity index (χ0n) is 16.9. The third kappa shape index (κ3) is 3.34. The molecule has 152 valence electrons. The lowest BCUT2D eigenvalue weighted by molar-refractivity contribution is 1.07. The molecule has 5 heteroatoms. The maximum Gasteiger partial charge on any atom is 0.226 e. The molecule has 0 amide bonds. The number of hydrogen-bond acceptors (Lipinski definition) is 4. The first-order valence-corrected chi connectivity index (χ1v) is 11.4. The first kappa shape index (κ1) is 19.1. The molecule has 2 heterocycles. The highest BCUT2D eigenvalue weighted by Crippen LogP contribution is 2.39. The van der Waals surface area contributed by atoms with Crippen LogP contribution in [0.5, 0.6) is 0 Å². The molecule has 0 spiro atoms. The minimum atomic E-state index is 0.190. The van der Waals surface area contributed by atoms with E-state index in [4.69, 9.17) is 16.6 Å². The van der Waals surface area contributed by atoms with Gasteiger partial charge in [-0.1, -0.05) is 84.9 Å². The number of hydrogen-bond donors (Lipinski definition) is 0. The fourth-order valence-corrected chi connectivity index (χ4v) is 5.34. The molecule has 0 radical (unpaired) electrons. The molecule has 3 nitrogen and oxygen atoms in total. The molecule has 0 aliphatic rings. The summed E-state index contributed by atoms with van der Waals surface area (Å²) in [4.78, 5) is 13.7. The van der Waals surface area contributed by atoms with Crippen molar-refractivity contribution in [1.29, 1.82) is 0 Å². The van der Waals surface area contributed by atoms with Gasteiger partial charge in [0.05, 0.1) is 0 Å². The Labute approximate surface area is 194 Å². The summed E-state index contributed by atoms with van der Waals surface area (Å²) >= 11 is 8.09. The average Bonchev–Trinajstić information content (AvgIpc) is 3.23. The smallest absolute Gasteiger partial charge is 0.208 e. The quantitative estimate of drug-likeness (QED) is 0.275. The van der Waals surface area contributed by atoms with E-state index in [2.05, 4.69) is 64.6 Å². The third-order valence-corrected chi connectivity index (χ3v) is 6.89. The molecule has 0 saturated carbocycles. The van der Waals surface area contributed by atoms with Gasteiger partial charge in [0.15, 0.2) is 11.6 Å². The largest absolute Gasteiger partial charge is 0.226 e. The van der Waals surface area contributed by atoms with Crippen LogP contribution in [0.2, 0.25) is 5.28 Å². The second-order valence-electron chi connectivity index (χ2n) is 7.48. The normalized spacial score (nSPS) is 11.3. The van der Waals surface area contributed by atoms with Crippen LogP contribution in [0.3, 0.4) is 0 Å². The van der Waals surface area contributed by atoms with Gasteiger partial charge >= 0.3 is 0 Å². The van der Waals surface area contributed by atoms with Gasteiger partial charge in [0.1, 0.15) is 0 Å². The van der Waals surface area contributed by atoms with Crippen molar-refractivity contribution in [2.75, 3.05) is 0 Å². The fourth-order valence-electron chi connectivity index (χ4n) is 3.97. The van der Waals surface area contributed by atoms with E-state index in [1.165, 1.54) is 21.0 Å². The van der Waals surface area contributed by atoms with E-state index in [1.54, 1.807) is 11.3 Å². The molecule has 0 aliphatic heterocycles. The average molecular weight is 450 g/mol. The van der Waals surface area contributed by atoms with Gasteiger partial charge in [-0.05, 0) is 34.9 Å². The molecule has 0 bridgehead atoms. The lowest BCUT2D eigenvalue weighted by Gasteiger charge is -2.07. The van der Waals surface area contributed by atoms with Crippen molar-refractivity contribution < 1.29 is 0 Å². The molecule has 2 aromatic heterocycles. The lowest BCUT2D eigenvalue weighted by atomic mass is 10.0. The number of rotatable bonds is 3. The molecule has 0 unspecified atom stereocenters. The van der Waals surface area contributed by atoms with Crippen molar-refractivity contribution in [1.82, 2.24) is 15.0 Å². The Morgan fingerprint density at radius 1 is 0.531 bits per heavy atom. The van der Waals surface area contributed by atoms with E-state index < -0.39 is 0 Å². The van der Waals surface area contributed by atoms with E-state index in [0.717, 1.165) is 21.4 Å². The molecule has 4 aromatic carbocycles. The van der Waals surface area contributed by atoms with Crippen molar-refractivity contribution in [3.8, 4) is 33.9 Å². The van der Waals surface area contributed by atoms with Gasteiger partial charge in [-0.3, -0.25) is 0 Å². The first-order valence-electron chi connectivity index (χ1n) is 10.2. The molecule has 0 saturated heterocycles. The van der Waals surface area contributed by atoms with Crippen molar-refractivity contribution >= 4 is 43.1 Å². The van der Waals surface area contributed by atoms with E-state index in [1.807, 2.05) is 42.5 Å². The molecule has 0 atom stereocenters. The summed E-state index contributed by atoms with van der Waals surface area (Å²) in [6.45, 7) is 0. The van der Waals surface area contributed by atoms with Crippen molar-refractivity contribution in [3.63, 3.8) is 0 Å². The summed E-state index contributed by atoms with van der Waals surface area (Å²) in [5.74, 6) is 1.15. The molecular formula is C27H16ClN3S. The highest BCUT2D eigenvalue weighted by molar-refractivity contribution is 7.26. The van der Waals surface area contributed by atoms with Gasteiger partial charge < -0.3 is 0 Å². The van der Waals surface area contributed by atoms with Crippen molar-refractivity contribution in [2.45, 2.75) is 0 Å². The number of nitrogens with zero attached hydrogens (tertiary/aromatic N) is 3. The van der Waals surface area contributed by atoms with Crippen LogP contribution in [0.1, 0.15) is 0 Å². The van der Waals surface area contributed by atoms with E-state index in [-0.39, 0.29) is 5.28 Å². The van der Waals surface area contributed by atoms with E-state index in [0.29, 0.717) is 11.6 Å². The monoisotopic (exact) mass is 449 g/mol. The second kappa shape index (κ2) is 7.83.